The van der Waals surface area contributed by atoms with Crippen molar-refractivity contribution < 1.29 is 27.2 Å². The predicted molar refractivity (Wildman–Crippen MR) is 107 cm³/mol. The molecule has 164 valence electrons. The van der Waals surface area contributed by atoms with Gasteiger partial charge in [-0.25, -0.2) is 4.39 Å². The fourth-order valence-corrected chi connectivity index (χ4v) is 4.03. The van der Waals surface area contributed by atoms with E-state index in [4.69, 9.17) is 11.6 Å². The van der Waals surface area contributed by atoms with Crippen LogP contribution in [0.15, 0.2) is 30.3 Å². The highest BCUT2D eigenvalue weighted by Gasteiger charge is 2.35. The number of carbonyl (C=O) groups is 2. The lowest BCUT2D eigenvalue weighted by Crippen LogP contribution is -2.37. The summed E-state index contributed by atoms with van der Waals surface area (Å²) in [4.78, 5) is 26.7. The Morgan fingerprint density at radius 2 is 1.90 bits per heavy atom. The van der Waals surface area contributed by atoms with Gasteiger partial charge in [0.05, 0.1) is 22.7 Å². The third-order valence-corrected chi connectivity index (χ3v) is 5.87. The summed E-state index contributed by atoms with van der Waals surface area (Å²) in [6.07, 6.45) is -2.72. The Kier molecular flexibility index (Phi) is 5.68. The molecule has 1 heterocycles. The van der Waals surface area contributed by atoms with E-state index in [1.807, 2.05) is 11.0 Å². The van der Waals surface area contributed by atoms with Crippen molar-refractivity contribution in [3.05, 3.63) is 63.4 Å². The van der Waals surface area contributed by atoms with E-state index in [0.29, 0.717) is 42.4 Å². The molecule has 31 heavy (non-hydrogen) atoms. The Hall–Kier alpha value is -2.61. The standard InChI is InChI=1S/C22H19ClF4N2O2/c23-17-6-4-14-11-29(21(31)13-2-3-13)8-7-15(14)20(17)28-19(30)10-12-1-5-16(18(24)9-12)22(25,26)27/h1,4-6,9,13H,2-3,7-8,10-11H2,(H,28,30). The lowest BCUT2D eigenvalue weighted by molar-refractivity contribution is -0.140. The van der Waals surface area contributed by atoms with E-state index >= 15 is 0 Å². The number of halogens is 5. The summed E-state index contributed by atoms with van der Waals surface area (Å²) in [7, 11) is 0. The minimum Gasteiger partial charge on any atom is -0.338 e. The van der Waals surface area contributed by atoms with Gasteiger partial charge in [0.15, 0.2) is 0 Å². The SMILES string of the molecule is O=C(Cc1ccc(C(F)(F)F)c(F)c1)Nc1c(Cl)ccc2c1CCN(C(=O)C1CC1)C2. The lowest BCUT2D eigenvalue weighted by atomic mass is 9.97. The first-order valence-electron chi connectivity index (χ1n) is 9.88. The molecule has 4 rings (SSSR count). The van der Waals surface area contributed by atoms with Crippen molar-refractivity contribution in [1.29, 1.82) is 0 Å². The van der Waals surface area contributed by atoms with Crippen LogP contribution in [0, 0.1) is 11.7 Å². The van der Waals surface area contributed by atoms with Gasteiger partial charge < -0.3 is 10.2 Å². The number of anilines is 1. The van der Waals surface area contributed by atoms with Crippen LogP contribution in [0.1, 0.15) is 35.1 Å². The van der Waals surface area contributed by atoms with Crippen LogP contribution in [0.25, 0.3) is 0 Å². The Labute approximate surface area is 181 Å². The molecule has 2 aliphatic rings. The number of benzene rings is 2. The van der Waals surface area contributed by atoms with E-state index in [9.17, 15) is 27.2 Å². The van der Waals surface area contributed by atoms with Crippen molar-refractivity contribution >= 4 is 29.1 Å². The number of hydrogen-bond acceptors (Lipinski definition) is 2. The minimum absolute atomic E-state index is 0.116. The molecule has 0 atom stereocenters. The molecule has 0 spiro atoms. The van der Waals surface area contributed by atoms with E-state index in [0.717, 1.165) is 30.0 Å². The molecule has 1 fully saturated rings. The van der Waals surface area contributed by atoms with Crippen molar-refractivity contribution in [2.45, 2.75) is 38.4 Å². The summed E-state index contributed by atoms with van der Waals surface area (Å²) >= 11 is 6.28. The first kappa shape index (κ1) is 21.6. The highest BCUT2D eigenvalue weighted by atomic mass is 35.5. The van der Waals surface area contributed by atoms with Crippen LogP contribution in [0.2, 0.25) is 5.02 Å². The molecule has 2 amide bonds. The molecule has 0 unspecified atom stereocenters. The third-order valence-electron chi connectivity index (χ3n) is 5.56. The number of alkyl halides is 3. The molecular formula is C22H19ClF4N2O2. The summed E-state index contributed by atoms with van der Waals surface area (Å²) < 4.78 is 51.9. The first-order chi connectivity index (χ1) is 14.6. The van der Waals surface area contributed by atoms with Gasteiger partial charge in [-0.05, 0) is 54.2 Å². The van der Waals surface area contributed by atoms with Gasteiger partial charge in [-0.15, -0.1) is 0 Å². The van der Waals surface area contributed by atoms with Gasteiger partial charge in [0, 0.05) is 19.0 Å². The second-order valence-electron chi connectivity index (χ2n) is 7.88. The summed E-state index contributed by atoms with van der Waals surface area (Å²) in [5, 5.41) is 3.04. The van der Waals surface area contributed by atoms with Gasteiger partial charge in [0.1, 0.15) is 5.82 Å². The van der Waals surface area contributed by atoms with E-state index in [1.54, 1.807) is 6.07 Å². The second-order valence-corrected chi connectivity index (χ2v) is 8.29. The summed E-state index contributed by atoms with van der Waals surface area (Å²) in [5.74, 6) is -1.67. The fourth-order valence-electron chi connectivity index (χ4n) is 3.81. The van der Waals surface area contributed by atoms with Gasteiger partial charge in [-0.3, -0.25) is 9.59 Å². The van der Waals surface area contributed by atoms with Gasteiger partial charge >= 0.3 is 6.18 Å². The van der Waals surface area contributed by atoms with E-state index < -0.39 is 23.5 Å². The predicted octanol–water partition coefficient (Wildman–Crippen LogP) is 4.97. The zero-order valence-electron chi connectivity index (χ0n) is 16.4. The highest BCUT2D eigenvalue weighted by molar-refractivity contribution is 6.34. The molecule has 1 aliphatic carbocycles. The zero-order valence-corrected chi connectivity index (χ0v) is 17.1. The molecule has 9 heteroatoms. The largest absolute Gasteiger partial charge is 0.419 e. The molecule has 1 aliphatic heterocycles. The van der Waals surface area contributed by atoms with Crippen molar-refractivity contribution in [3.63, 3.8) is 0 Å². The molecule has 4 nitrogen and oxygen atoms in total. The Morgan fingerprint density at radius 3 is 2.55 bits per heavy atom. The minimum atomic E-state index is -4.80. The van der Waals surface area contributed by atoms with Crippen molar-refractivity contribution in [3.8, 4) is 0 Å². The molecule has 0 bridgehead atoms. The Morgan fingerprint density at radius 1 is 1.16 bits per heavy atom. The molecule has 0 saturated heterocycles. The zero-order chi connectivity index (χ0) is 22.3. The van der Waals surface area contributed by atoms with Crippen LogP contribution < -0.4 is 5.32 Å². The fraction of sp³-hybridized carbons (Fsp3) is 0.364. The number of hydrogen-bond donors (Lipinski definition) is 1. The number of rotatable bonds is 4. The van der Waals surface area contributed by atoms with Gasteiger partial charge in [-0.1, -0.05) is 23.7 Å². The second kappa shape index (κ2) is 8.15. The van der Waals surface area contributed by atoms with Crippen LogP contribution >= 0.6 is 11.6 Å². The lowest BCUT2D eigenvalue weighted by Gasteiger charge is -2.30. The Bertz CT molecular complexity index is 1050. The molecule has 1 saturated carbocycles. The maximum absolute atomic E-state index is 13.8. The third kappa shape index (κ3) is 4.69. The number of nitrogens with one attached hydrogen (secondary N) is 1. The Balaban J connectivity index is 1.48. The van der Waals surface area contributed by atoms with E-state index in [-0.39, 0.29) is 23.8 Å². The van der Waals surface area contributed by atoms with Crippen molar-refractivity contribution in [2.75, 3.05) is 11.9 Å². The smallest absolute Gasteiger partial charge is 0.338 e. The number of fused-ring (bicyclic) bond motifs is 1. The molecule has 2 aromatic rings. The number of amides is 2. The molecule has 0 aromatic heterocycles. The van der Waals surface area contributed by atoms with Crippen LogP contribution in [-0.2, 0) is 35.2 Å². The van der Waals surface area contributed by atoms with E-state index in [2.05, 4.69) is 5.32 Å². The number of carbonyl (C=O) groups excluding carboxylic acids is 2. The summed E-state index contributed by atoms with van der Waals surface area (Å²) in [5.41, 5.74) is 0.891. The molecular weight excluding hydrogens is 436 g/mol. The van der Waals surface area contributed by atoms with Crippen LogP contribution in [0.3, 0.4) is 0 Å². The normalized spacial score (nSPS) is 16.1. The van der Waals surface area contributed by atoms with Gasteiger partial charge in [0.25, 0.3) is 0 Å². The van der Waals surface area contributed by atoms with E-state index in [1.165, 1.54) is 0 Å². The molecule has 0 radical (unpaired) electrons. The average molecular weight is 455 g/mol. The summed E-state index contributed by atoms with van der Waals surface area (Å²) in [6.45, 7) is 0.963. The highest BCUT2D eigenvalue weighted by Crippen LogP contribution is 2.36. The topological polar surface area (TPSA) is 49.4 Å². The average Bonchev–Trinajstić information content (AvgIpc) is 3.53. The van der Waals surface area contributed by atoms with Crippen molar-refractivity contribution in [2.24, 2.45) is 5.92 Å². The maximum atomic E-state index is 13.8. The van der Waals surface area contributed by atoms with Gasteiger partial charge in [0.2, 0.25) is 11.8 Å². The van der Waals surface area contributed by atoms with Crippen LogP contribution in [0.5, 0.6) is 0 Å². The maximum Gasteiger partial charge on any atom is 0.419 e. The van der Waals surface area contributed by atoms with Crippen LogP contribution in [-0.4, -0.2) is 23.3 Å². The molecule has 1 N–H and O–H groups in total. The van der Waals surface area contributed by atoms with Crippen LogP contribution in [0.4, 0.5) is 23.2 Å². The van der Waals surface area contributed by atoms with Crippen molar-refractivity contribution in [1.82, 2.24) is 4.90 Å². The monoisotopic (exact) mass is 454 g/mol. The quantitative estimate of drug-likeness (QED) is 0.663. The van der Waals surface area contributed by atoms with Gasteiger partial charge in [-0.2, -0.15) is 13.2 Å². The summed E-state index contributed by atoms with van der Waals surface area (Å²) in [6, 6.07) is 5.88. The number of nitrogens with zero attached hydrogens (tertiary/aromatic N) is 1. The first-order valence-corrected chi connectivity index (χ1v) is 10.3. The molecule has 2 aromatic carbocycles.